The SMILES string of the molecule is Cc1nc(-c2ccc(Cl)s2)sc1C(=O)N1CCCN(Cc2ccccc2)CC1. The van der Waals surface area contributed by atoms with Crippen molar-refractivity contribution in [3.63, 3.8) is 0 Å². The second kappa shape index (κ2) is 8.74. The Morgan fingerprint density at radius 3 is 2.64 bits per heavy atom. The summed E-state index contributed by atoms with van der Waals surface area (Å²) < 4.78 is 0.738. The molecule has 1 aliphatic rings. The lowest BCUT2D eigenvalue weighted by molar-refractivity contribution is 0.0765. The minimum atomic E-state index is 0.102. The van der Waals surface area contributed by atoms with E-state index in [-0.39, 0.29) is 5.91 Å². The van der Waals surface area contributed by atoms with Crippen molar-refractivity contribution < 1.29 is 4.79 Å². The molecule has 0 unspecified atom stereocenters. The van der Waals surface area contributed by atoms with E-state index in [1.807, 2.05) is 30.0 Å². The number of aromatic nitrogens is 1. The molecule has 1 aromatic carbocycles. The van der Waals surface area contributed by atoms with Gasteiger partial charge in [-0.25, -0.2) is 4.98 Å². The first-order valence-corrected chi connectivity index (χ1v) is 11.4. The molecule has 0 bridgehead atoms. The van der Waals surface area contributed by atoms with E-state index in [1.54, 1.807) is 0 Å². The van der Waals surface area contributed by atoms with Crippen molar-refractivity contribution in [2.75, 3.05) is 26.2 Å². The van der Waals surface area contributed by atoms with Crippen molar-refractivity contribution in [2.45, 2.75) is 19.9 Å². The topological polar surface area (TPSA) is 36.4 Å². The first-order valence-electron chi connectivity index (χ1n) is 9.39. The number of amides is 1. The van der Waals surface area contributed by atoms with Gasteiger partial charge in [-0.05, 0) is 31.0 Å². The van der Waals surface area contributed by atoms with E-state index >= 15 is 0 Å². The molecule has 0 radical (unpaired) electrons. The number of halogens is 1. The number of nitrogens with zero attached hydrogens (tertiary/aromatic N) is 3. The van der Waals surface area contributed by atoms with Gasteiger partial charge in [0.25, 0.3) is 5.91 Å². The Hall–Kier alpha value is -1.73. The van der Waals surface area contributed by atoms with Crippen LogP contribution in [0.2, 0.25) is 4.34 Å². The molecule has 0 aliphatic carbocycles. The fraction of sp³-hybridized carbons (Fsp3) is 0.333. The van der Waals surface area contributed by atoms with Gasteiger partial charge in [-0.2, -0.15) is 0 Å². The van der Waals surface area contributed by atoms with Crippen LogP contribution in [0, 0.1) is 6.92 Å². The van der Waals surface area contributed by atoms with Gasteiger partial charge in [0.15, 0.2) is 0 Å². The van der Waals surface area contributed by atoms with Crippen molar-refractivity contribution in [3.8, 4) is 9.88 Å². The standard InChI is InChI=1S/C21H22ClN3OS2/c1-15-19(28-20(23-15)17-8-9-18(22)27-17)21(26)25-11-5-10-24(12-13-25)14-16-6-3-2-4-7-16/h2-4,6-9H,5,10-14H2,1H3. The van der Waals surface area contributed by atoms with Crippen molar-refractivity contribution in [3.05, 3.63) is 62.9 Å². The molecule has 146 valence electrons. The second-order valence-electron chi connectivity index (χ2n) is 6.94. The van der Waals surface area contributed by atoms with Gasteiger partial charge in [0, 0.05) is 32.7 Å². The van der Waals surface area contributed by atoms with Gasteiger partial charge < -0.3 is 4.90 Å². The average molecular weight is 432 g/mol. The Kier molecular flexibility index (Phi) is 6.11. The maximum absolute atomic E-state index is 13.1. The summed E-state index contributed by atoms with van der Waals surface area (Å²) >= 11 is 9.02. The van der Waals surface area contributed by atoms with Crippen LogP contribution in [0.4, 0.5) is 0 Å². The van der Waals surface area contributed by atoms with E-state index < -0.39 is 0 Å². The molecule has 3 heterocycles. The lowest BCUT2D eigenvalue weighted by Gasteiger charge is -2.21. The van der Waals surface area contributed by atoms with Gasteiger partial charge in [0.05, 0.1) is 14.9 Å². The van der Waals surface area contributed by atoms with Crippen LogP contribution < -0.4 is 0 Å². The van der Waals surface area contributed by atoms with E-state index in [1.165, 1.54) is 28.2 Å². The predicted octanol–water partition coefficient (Wildman–Crippen LogP) is 5.18. The monoisotopic (exact) mass is 431 g/mol. The van der Waals surface area contributed by atoms with Crippen LogP contribution in [0.5, 0.6) is 0 Å². The number of hydrogen-bond donors (Lipinski definition) is 0. The molecule has 0 atom stereocenters. The quantitative estimate of drug-likeness (QED) is 0.571. The fourth-order valence-electron chi connectivity index (χ4n) is 3.45. The normalized spacial score (nSPS) is 15.6. The molecule has 1 amide bonds. The molecule has 0 N–H and O–H groups in total. The van der Waals surface area contributed by atoms with Crippen molar-refractivity contribution in [1.82, 2.24) is 14.8 Å². The van der Waals surface area contributed by atoms with Crippen LogP contribution in [0.25, 0.3) is 9.88 Å². The third-order valence-electron chi connectivity index (χ3n) is 4.90. The largest absolute Gasteiger partial charge is 0.337 e. The van der Waals surface area contributed by atoms with Crippen LogP contribution in [0.3, 0.4) is 0 Å². The summed E-state index contributed by atoms with van der Waals surface area (Å²) in [5, 5.41) is 0.873. The lowest BCUT2D eigenvalue weighted by Crippen LogP contribution is -2.35. The van der Waals surface area contributed by atoms with Gasteiger partial charge in [-0.1, -0.05) is 41.9 Å². The molecule has 1 fully saturated rings. The molecule has 0 spiro atoms. The van der Waals surface area contributed by atoms with Crippen LogP contribution in [-0.4, -0.2) is 46.9 Å². The van der Waals surface area contributed by atoms with E-state index in [0.29, 0.717) is 0 Å². The molecule has 4 nitrogen and oxygen atoms in total. The van der Waals surface area contributed by atoms with Crippen LogP contribution in [0.1, 0.15) is 27.3 Å². The molecule has 0 saturated carbocycles. The number of carbonyl (C=O) groups is 1. The molecular weight excluding hydrogens is 410 g/mol. The Bertz CT molecular complexity index is 954. The predicted molar refractivity (Wildman–Crippen MR) is 117 cm³/mol. The molecule has 2 aromatic heterocycles. The minimum Gasteiger partial charge on any atom is -0.337 e. The van der Waals surface area contributed by atoms with Crippen LogP contribution in [0.15, 0.2) is 42.5 Å². The summed E-state index contributed by atoms with van der Waals surface area (Å²) in [5.74, 6) is 0.102. The summed E-state index contributed by atoms with van der Waals surface area (Å²) in [5.41, 5.74) is 2.12. The number of carbonyl (C=O) groups excluding carboxylic acids is 1. The molecule has 1 aliphatic heterocycles. The lowest BCUT2D eigenvalue weighted by atomic mass is 10.2. The molecular formula is C21H22ClN3OS2. The van der Waals surface area contributed by atoms with Gasteiger partial charge in [-0.15, -0.1) is 22.7 Å². The van der Waals surface area contributed by atoms with Crippen LogP contribution in [-0.2, 0) is 6.54 Å². The van der Waals surface area contributed by atoms with Crippen molar-refractivity contribution >= 4 is 40.2 Å². The Morgan fingerprint density at radius 1 is 1.07 bits per heavy atom. The second-order valence-corrected chi connectivity index (χ2v) is 9.66. The van der Waals surface area contributed by atoms with Crippen molar-refractivity contribution in [2.24, 2.45) is 0 Å². The third-order valence-corrected chi connectivity index (χ3v) is 7.45. The Morgan fingerprint density at radius 2 is 1.89 bits per heavy atom. The first kappa shape index (κ1) is 19.6. The van der Waals surface area contributed by atoms with Gasteiger partial charge >= 0.3 is 0 Å². The van der Waals surface area contributed by atoms with E-state index in [4.69, 9.17) is 11.6 Å². The van der Waals surface area contributed by atoms with Gasteiger partial charge in [-0.3, -0.25) is 9.69 Å². The smallest absolute Gasteiger partial charge is 0.265 e. The summed E-state index contributed by atoms with van der Waals surface area (Å²) in [7, 11) is 0. The minimum absolute atomic E-state index is 0.102. The number of rotatable bonds is 4. The number of hydrogen-bond acceptors (Lipinski definition) is 5. The van der Waals surface area contributed by atoms with E-state index in [0.717, 1.165) is 63.9 Å². The molecule has 3 aromatic rings. The highest BCUT2D eigenvalue weighted by atomic mass is 35.5. The zero-order valence-electron chi connectivity index (χ0n) is 15.7. The summed E-state index contributed by atoms with van der Waals surface area (Å²) in [6.07, 6.45) is 0.990. The van der Waals surface area contributed by atoms with Gasteiger partial charge in [0.1, 0.15) is 9.88 Å². The molecule has 1 saturated heterocycles. The van der Waals surface area contributed by atoms with Gasteiger partial charge in [0.2, 0.25) is 0 Å². The molecule has 28 heavy (non-hydrogen) atoms. The third kappa shape index (κ3) is 4.46. The summed E-state index contributed by atoms with van der Waals surface area (Å²) in [4.78, 5) is 23.9. The first-order chi connectivity index (χ1) is 13.6. The number of benzene rings is 1. The zero-order chi connectivity index (χ0) is 19.5. The highest BCUT2D eigenvalue weighted by Gasteiger charge is 2.24. The van der Waals surface area contributed by atoms with E-state index in [9.17, 15) is 4.79 Å². The number of thiophene rings is 1. The number of thiazole rings is 1. The molecule has 7 heteroatoms. The average Bonchev–Trinajstić information content (AvgIpc) is 3.22. The van der Waals surface area contributed by atoms with Crippen LogP contribution >= 0.6 is 34.3 Å². The zero-order valence-corrected chi connectivity index (χ0v) is 18.1. The van der Waals surface area contributed by atoms with E-state index in [2.05, 4.69) is 34.1 Å². The summed E-state index contributed by atoms with van der Waals surface area (Å²) in [6.45, 7) is 6.31. The highest BCUT2D eigenvalue weighted by molar-refractivity contribution is 7.24. The maximum atomic E-state index is 13.1. The van der Waals surface area contributed by atoms with Crippen molar-refractivity contribution in [1.29, 1.82) is 0 Å². The Balaban J connectivity index is 1.43. The number of aryl methyl sites for hydroxylation is 1. The fourth-order valence-corrected chi connectivity index (χ4v) is 5.58. The Labute approximate surface area is 178 Å². The molecule has 4 rings (SSSR count). The highest BCUT2D eigenvalue weighted by Crippen LogP contribution is 2.35. The summed E-state index contributed by atoms with van der Waals surface area (Å²) in [6, 6.07) is 14.4. The maximum Gasteiger partial charge on any atom is 0.265 e.